The van der Waals surface area contributed by atoms with Crippen LogP contribution in [0.2, 0.25) is 5.02 Å². The molecule has 172 valence electrons. The number of morpholine rings is 1. The van der Waals surface area contributed by atoms with Gasteiger partial charge in [-0.15, -0.1) is 11.3 Å². The highest BCUT2D eigenvalue weighted by atomic mass is 35.5. The van der Waals surface area contributed by atoms with Crippen molar-refractivity contribution >= 4 is 46.1 Å². The van der Waals surface area contributed by atoms with Crippen LogP contribution in [0, 0.1) is 6.92 Å². The van der Waals surface area contributed by atoms with Crippen LogP contribution in [0.25, 0.3) is 10.6 Å². The van der Waals surface area contributed by atoms with E-state index in [2.05, 4.69) is 15.2 Å². The normalized spacial score (nSPS) is 13.6. The minimum Gasteiger partial charge on any atom is -0.378 e. The number of benzene rings is 2. The number of amides is 2. The standard InChI is InChI=1S/C24H25ClN4O3S/c1-16-22(33-23(26-16)17-3-5-18(25)6-4-17)24(31)28(2)15-21(30)27-19-7-9-20(10-8-19)29-11-13-32-14-12-29/h3-10H,11-15H2,1-2H3,(H,27,30). The second-order valence-corrected chi connectivity index (χ2v) is 9.23. The molecule has 1 N–H and O–H groups in total. The van der Waals surface area contributed by atoms with E-state index >= 15 is 0 Å². The van der Waals surface area contributed by atoms with Crippen molar-refractivity contribution in [2.45, 2.75) is 6.92 Å². The lowest BCUT2D eigenvalue weighted by Crippen LogP contribution is -2.36. The van der Waals surface area contributed by atoms with Crippen LogP contribution in [0.1, 0.15) is 15.4 Å². The highest BCUT2D eigenvalue weighted by Crippen LogP contribution is 2.29. The number of aromatic nitrogens is 1. The zero-order valence-electron chi connectivity index (χ0n) is 18.5. The van der Waals surface area contributed by atoms with Crippen LogP contribution in [0.4, 0.5) is 11.4 Å². The molecule has 0 bridgehead atoms. The van der Waals surface area contributed by atoms with Crippen molar-refractivity contribution in [1.29, 1.82) is 0 Å². The van der Waals surface area contributed by atoms with Gasteiger partial charge in [0.05, 0.1) is 25.5 Å². The molecular weight excluding hydrogens is 460 g/mol. The molecule has 1 fully saturated rings. The molecule has 1 aliphatic rings. The van der Waals surface area contributed by atoms with Crippen molar-refractivity contribution in [3.8, 4) is 10.6 Å². The van der Waals surface area contributed by atoms with E-state index in [9.17, 15) is 9.59 Å². The van der Waals surface area contributed by atoms with Gasteiger partial charge in [0.1, 0.15) is 9.88 Å². The van der Waals surface area contributed by atoms with Crippen molar-refractivity contribution in [1.82, 2.24) is 9.88 Å². The molecule has 0 atom stereocenters. The molecule has 0 saturated carbocycles. The van der Waals surface area contributed by atoms with Gasteiger partial charge >= 0.3 is 0 Å². The molecule has 1 aliphatic heterocycles. The average Bonchev–Trinajstić information content (AvgIpc) is 3.21. The third-order valence-electron chi connectivity index (χ3n) is 5.34. The van der Waals surface area contributed by atoms with Crippen LogP contribution in [0.15, 0.2) is 48.5 Å². The number of thiazole rings is 1. The summed E-state index contributed by atoms with van der Waals surface area (Å²) >= 11 is 7.27. The molecule has 2 aromatic carbocycles. The number of hydrogen-bond acceptors (Lipinski definition) is 6. The van der Waals surface area contributed by atoms with Gasteiger partial charge in [0.25, 0.3) is 5.91 Å². The highest BCUT2D eigenvalue weighted by Gasteiger charge is 2.21. The number of carbonyl (C=O) groups is 2. The van der Waals surface area contributed by atoms with Gasteiger partial charge in [-0.25, -0.2) is 4.98 Å². The first-order valence-corrected chi connectivity index (χ1v) is 11.8. The second-order valence-electron chi connectivity index (χ2n) is 7.80. The lowest BCUT2D eigenvalue weighted by atomic mass is 10.2. The van der Waals surface area contributed by atoms with Gasteiger partial charge in [-0.05, 0) is 43.3 Å². The van der Waals surface area contributed by atoms with Crippen molar-refractivity contribution in [2.24, 2.45) is 0 Å². The number of carbonyl (C=O) groups excluding carboxylic acids is 2. The lowest BCUT2D eigenvalue weighted by molar-refractivity contribution is -0.116. The largest absolute Gasteiger partial charge is 0.378 e. The number of rotatable bonds is 6. The summed E-state index contributed by atoms with van der Waals surface area (Å²) in [7, 11) is 1.62. The first kappa shape index (κ1) is 23.2. The zero-order valence-corrected chi connectivity index (χ0v) is 20.1. The van der Waals surface area contributed by atoms with Crippen LogP contribution < -0.4 is 10.2 Å². The number of nitrogens with one attached hydrogen (secondary N) is 1. The quantitative estimate of drug-likeness (QED) is 0.564. The number of halogens is 1. The molecule has 4 rings (SSSR count). The summed E-state index contributed by atoms with van der Waals surface area (Å²) in [6, 6.07) is 15.0. The fourth-order valence-electron chi connectivity index (χ4n) is 3.55. The molecule has 2 amide bonds. The van der Waals surface area contributed by atoms with Gasteiger partial charge in [-0.2, -0.15) is 0 Å². The van der Waals surface area contributed by atoms with Crippen LogP contribution >= 0.6 is 22.9 Å². The van der Waals surface area contributed by atoms with Gasteiger partial charge < -0.3 is 19.9 Å². The number of hydrogen-bond donors (Lipinski definition) is 1. The number of ether oxygens (including phenoxy) is 1. The number of likely N-dealkylation sites (N-methyl/N-ethyl adjacent to an activating group) is 1. The van der Waals surface area contributed by atoms with Crippen LogP contribution in [0.3, 0.4) is 0 Å². The number of nitrogens with zero attached hydrogens (tertiary/aromatic N) is 3. The van der Waals surface area contributed by atoms with Gasteiger partial charge in [-0.3, -0.25) is 9.59 Å². The maximum Gasteiger partial charge on any atom is 0.266 e. The summed E-state index contributed by atoms with van der Waals surface area (Å²) < 4.78 is 5.38. The Morgan fingerprint density at radius 1 is 1.12 bits per heavy atom. The Hall–Kier alpha value is -2.94. The van der Waals surface area contributed by atoms with E-state index in [1.54, 1.807) is 26.1 Å². The fraction of sp³-hybridized carbons (Fsp3) is 0.292. The zero-order chi connectivity index (χ0) is 23.4. The molecule has 0 aliphatic carbocycles. The Morgan fingerprint density at radius 3 is 2.45 bits per heavy atom. The van der Waals surface area contributed by atoms with Crippen molar-refractivity contribution in [3.63, 3.8) is 0 Å². The van der Waals surface area contributed by atoms with Gasteiger partial charge in [0, 0.05) is 42.1 Å². The van der Waals surface area contributed by atoms with E-state index in [1.165, 1.54) is 16.2 Å². The van der Waals surface area contributed by atoms with E-state index in [4.69, 9.17) is 16.3 Å². The first-order chi connectivity index (χ1) is 15.9. The van der Waals surface area contributed by atoms with E-state index in [0.717, 1.165) is 42.6 Å². The summed E-state index contributed by atoms with van der Waals surface area (Å²) in [4.78, 5) is 34.2. The summed E-state index contributed by atoms with van der Waals surface area (Å²) in [6.45, 7) is 4.90. The third kappa shape index (κ3) is 5.71. The predicted molar refractivity (Wildman–Crippen MR) is 132 cm³/mol. The topological polar surface area (TPSA) is 74.8 Å². The molecule has 0 unspecified atom stereocenters. The summed E-state index contributed by atoms with van der Waals surface area (Å²) in [6.07, 6.45) is 0. The van der Waals surface area contributed by atoms with Gasteiger partial charge in [0.15, 0.2) is 0 Å². The smallest absolute Gasteiger partial charge is 0.266 e. The van der Waals surface area contributed by atoms with Gasteiger partial charge in [-0.1, -0.05) is 23.7 Å². The Labute approximate surface area is 201 Å². The van der Waals surface area contributed by atoms with E-state index in [1.807, 2.05) is 36.4 Å². The maximum absolute atomic E-state index is 13.0. The lowest BCUT2D eigenvalue weighted by Gasteiger charge is -2.28. The van der Waals surface area contributed by atoms with Crippen LogP contribution in [0.5, 0.6) is 0 Å². The minimum absolute atomic E-state index is 0.0579. The first-order valence-electron chi connectivity index (χ1n) is 10.6. The Bertz CT molecular complexity index is 1130. The van der Waals surface area contributed by atoms with E-state index < -0.39 is 0 Å². The number of anilines is 2. The monoisotopic (exact) mass is 484 g/mol. The molecule has 1 aromatic heterocycles. The van der Waals surface area contributed by atoms with Gasteiger partial charge in [0.2, 0.25) is 5.91 Å². The van der Waals surface area contributed by atoms with Crippen molar-refractivity contribution in [2.75, 3.05) is 50.1 Å². The van der Waals surface area contributed by atoms with Crippen molar-refractivity contribution < 1.29 is 14.3 Å². The fourth-order valence-corrected chi connectivity index (χ4v) is 4.74. The minimum atomic E-state index is -0.259. The Morgan fingerprint density at radius 2 is 1.79 bits per heavy atom. The Kier molecular flexibility index (Phi) is 7.27. The maximum atomic E-state index is 13.0. The third-order valence-corrected chi connectivity index (χ3v) is 6.78. The molecular formula is C24H25ClN4O3S. The molecule has 33 heavy (non-hydrogen) atoms. The number of aryl methyl sites for hydroxylation is 1. The predicted octanol–water partition coefficient (Wildman–Crippen LogP) is 4.32. The molecule has 3 aromatic rings. The molecule has 1 saturated heterocycles. The molecule has 0 spiro atoms. The van der Waals surface area contributed by atoms with E-state index in [0.29, 0.717) is 21.3 Å². The molecule has 9 heteroatoms. The van der Waals surface area contributed by atoms with Crippen LogP contribution in [-0.4, -0.2) is 61.6 Å². The van der Waals surface area contributed by atoms with Crippen LogP contribution in [-0.2, 0) is 9.53 Å². The SMILES string of the molecule is Cc1nc(-c2ccc(Cl)cc2)sc1C(=O)N(C)CC(=O)Nc1ccc(N2CCOCC2)cc1. The molecule has 0 radical (unpaired) electrons. The van der Waals surface area contributed by atoms with E-state index in [-0.39, 0.29) is 18.4 Å². The Balaban J connectivity index is 1.35. The molecule has 2 heterocycles. The second kappa shape index (κ2) is 10.3. The summed E-state index contributed by atoms with van der Waals surface area (Å²) in [5, 5.41) is 4.24. The summed E-state index contributed by atoms with van der Waals surface area (Å²) in [5.74, 6) is -0.493. The average molecular weight is 485 g/mol. The highest BCUT2D eigenvalue weighted by molar-refractivity contribution is 7.17. The van der Waals surface area contributed by atoms with Crippen molar-refractivity contribution in [3.05, 3.63) is 64.1 Å². The molecule has 7 nitrogen and oxygen atoms in total. The summed E-state index contributed by atoms with van der Waals surface area (Å²) in [5.41, 5.74) is 3.32.